The second kappa shape index (κ2) is 4.26. The number of aromatic nitrogens is 2. The van der Waals surface area contributed by atoms with Gasteiger partial charge in [-0.05, 0) is 34.8 Å². The van der Waals surface area contributed by atoms with E-state index in [9.17, 15) is 0 Å². The third-order valence-electron chi connectivity index (χ3n) is 1.74. The van der Waals surface area contributed by atoms with E-state index in [1.807, 2.05) is 24.3 Å². The topological polar surface area (TPSA) is 25.8 Å². The van der Waals surface area contributed by atoms with Crippen molar-refractivity contribution in [2.75, 3.05) is 0 Å². The van der Waals surface area contributed by atoms with Gasteiger partial charge < -0.3 is 0 Å². The average molecular weight is 245 g/mol. The zero-order valence-corrected chi connectivity index (χ0v) is 9.40. The molecule has 0 saturated carbocycles. The van der Waals surface area contributed by atoms with Crippen molar-refractivity contribution >= 4 is 34.7 Å². The van der Waals surface area contributed by atoms with Crippen LogP contribution >= 0.6 is 34.7 Å². The zero-order chi connectivity index (χ0) is 9.97. The SMILES string of the molecule is Clc1nsc(Cc2ccccc2Cl)n1. The lowest BCUT2D eigenvalue weighted by Crippen LogP contribution is -1.87. The Hall–Kier alpha value is -0.640. The molecule has 0 N–H and O–H groups in total. The van der Waals surface area contributed by atoms with Gasteiger partial charge in [-0.15, -0.1) is 0 Å². The third kappa shape index (κ3) is 2.23. The van der Waals surface area contributed by atoms with Gasteiger partial charge in [-0.2, -0.15) is 4.37 Å². The minimum absolute atomic E-state index is 0.303. The summed E-state index contributed by atoms with van der Waals surface area (Å²) >= 11 is 12.9. The van der Waals surface area contributed by atoms with E-state index < -0.39 is 0 Å². The van der Waals surface area contributed by atoms with Crippen LogP contribution in [0.25, 0.3) is 0 Å². The molecule has 0 aliphatic heterocycles. The molecule has 1 aromatic carbocycles. The van der Waals surface area contributed by atoms with Gasteiger partial charge in [0.05, 0.1) is 0 Å². The van der Waals surface area contributed by atoms with Crippen LogP contribution in [0.2, 0.25) is 10.3 Å². The van der Waals surface area contributed by atoms with E-state index in [0.29, 0.717) is 11.7 Å². The molecule has 0 fully saturated rings. The Morgan fingerprint density at radius 1 is 1.21 bits per heavy atom. The molecule has 0 unspecified atom stereocenters. The summed E-state index contributed by atoms with van der Waals surface area (Å²) in [7, 11) is 0. The second-order valence-electron chi connectivity index (χ2n) is 2.73. The van der Waals surface area contributed by atoms with Gasteiger partial charge in [0.2, 0.25) is 5.28 Å². The number of nitrogens with zero attached hydrogens (tertiary/aromatic N) is 2. The smallest absolute Gasteiger partial charge is 0.209 e. The highest BCUT2D eigenvalue weighted by Crippen LogP contribution is 2.20. The van der Waals surface area contributed by atoms with E-state index in [1.54, 1.807) is 0 Å². The summed E-state index contributed by atoms with van der Waals surface area (Å²) in [6.45, 7) is 0. The van der Waals surface area contributed by atoms with Gasteiger partial charge in [-0.25, -0.2) is 4.98 Å². The van der Waals surface area contributed by atoms with Gasteiger partial charge in [0.1, 0.15) is 5.01 Å². The molecule has 0 spiro atoms. The van der Waals surface area contributed by atoms with Crippen molar-refractivity contribution in [2.45, 2.75) is 6.42 Å². The van der Waals surface area contributed by atoms with Crippen LogP contribution in [0.15, 0.2) is 24.3 Å². The van der Waals surface area contributed by atoms with Crippen LogP contribution in [0, 0.1) is 0 Å². The molecule has 2 aromatic rings. The van der Waals surface area contributed by atoms with Crippen LogP contribution in [0.3, 0.4) is 0 Å². The van der Waals surface area contributed by atoms with Crippen LogP contribution in [-0.2, 0) is 6.42 Å². The maximum absolute atomic E-state index is 6.00. The summed E-state index contributed by atoms with van der Waals surface area (Å²) < 4.78 is 3.90. The van der Waals surface area contributed by atoms with E-state index in [0.717, 1.165) is 15.6 Å². The first-order chi connectivity index (χ1) is 6.75. The molecule has 0 aliphatic rings. The lowest BCUT2D eigenvalue weighted by molar-refractivity contribution is 1.13. The quantitative estimate of drug-likeness (QED) is 0.809. The van der Waals surface area contributed by atoms with E-state index >= 15 is 0 Å². The number of hydrogen-bond acceptors (Lipinski definition) is 3. The van der Waals surface area contributed by atoms with Crippen molar-refractivity contribution in [2.24, 2.45) is 0 Å². The molecule has 72 valence electrons. The summed E-state index contributed by atoms with van der Waals surface area (Å²) in [6, 6.07) is 7.68. The maximum Gasteiger partial charge on any atom is 0.234 e. The Bertz CT molecular complexity index is 442. The average Bonchev–Trinajstić information content (AvgIpc) is 2.56. The second-order valence-corrected chi connectivity index (χ2v) is 4.31. The largest absolute Gasteiger partial charge is 0.234 e. The molecule has 14 heavy (non-hydrogen) atoms. The van der Waals surface area contributed by atoms with Gasteiger partial charge in [-0.1, -0.05) is 29.8 Å². The number of hydrogen-bond donors (Lipinski definition) is 0. The third-order valence-corrected chi connectivity index (χ3v) is 3.09. The van der Waals surface area contributed by atoms with Crippen molar-refractivity contribution in [3.63, 3.8) is 0 Å². The van der Waals surface area contributed by atoms with Crippen molar-refractivity contribution in [1.82, 2.24) is 9.36 Å². The summed E-state index contributed by atoms with van der Waals surface area (Å²) in [5, 5.41) is 1.93. The molecule has 2 rings (SSSR count). The van der Waals surface area contributed by atoms with Crippen LogP contribution in [0.4, 0.5) is 0 Å². The van der Waals surface area contributed by atoms with Crippen molar-refractivity contribution < 1.29 is 0 Å². The van der Waals surface area contributed by atoms with Crippen molar-refractivity contribution in [1.29, 1.82) is 0 Å². The lowest BCUT2D eigenvalue weighted by Gasteiger charge is -1.99. The molecule has 1 aromatic heterocycles. The molecule has 5 heteroatoms. The lowest BCUT2D eigenvalue weighted by atomic mass is 10.2. The number of rotatable bonds is 2. The predicted octanol–water partition coefficient (Wildman–Crippen LogP) is 3.44. The van der Waals surface area contributed by atoms with Gasteiger partial charge in [0.25, 0.3) is 0 Å². The van der Waals surface area contributed by atoms with E-state index in [-0.39, 0.29) is 0 Å². The maximum atomic E-state index is 6.00. The summed E-state index contributed by atoms with van der Waals surface area (Å²) in [6.07, 6.45) is 0.685. The molecule has 2 nitrogen and oxygen atoms in total. The first-order valence-electron chi connectivity index (χ1n) is 3.97. The van der Waals surface area contributed by atoms with Gasteiger partial charge in [0.15, 0.2) is 0 Å². The molecular weight excluding hydrogens is 239 g/mol. The molecule has 0 amide bonds. The van der Waals surface area contributed by atoms with Gasteiger partial charge in [0, 0.05) is 11.4 Å². The minimum Gasteiger partial charge on any atom is -0.209 e. The van der Waals surface area contributed by atoms with E-state index in [4.69, 9.17) is 23.2 Å². The Balaban J connectivity index is 2.23. The molecule has 1 heterocycles. The molecule has 0 bridgehead atoms. The standard InChI is InChI=1S/C9H6Cl2N2S/c10-7-4-2-1-3-6(7)5-8-12-9(11)13-14-8/h1-4H,5H2. The van der Waals surface area contributed by atoms with Crippen LogP contribution in [-0.4, -0.2) is 9.36 Å². The van der Waals surface area contributed by atoms with Gasteiger partial charge in [-0.3, -0.25) is 0 Å². The zero-order valence-electron chi connectivity index (χ0n) is 7.08. The minimum atomic E-state index is 0.303. The first kappa shape index (κ1) is 9.90. The highest BCUT2D eigenvalue weighted by Gasteiger charge is 2.05. The van der Waals surface area contributed by atoms with Crippen molar-refractivity contribution in [3.05, 3.63) is 45.1 Å². The Kier molecular flexibility index (Phi) is 3.01. The van der Waals surface area contributed by atoms with Crippen molar-refractivity contribution in [3.8, 4) is 0 Å². The molecule has 0 aliphatic carbocycles. The number of benzene rings is 1. The molecule has 0 atom stereocenters. The summed E-state index contributed by atoms with van der Waals surface area (Å²) in [5.74, 6) is 0. The predicted molar refractivity (Wildman–Crippen MR) is 59.2 cm³/mol. The Labute approximate surface area is 95.7 Å². The summed E-state index contributed by atoms with van der Waals surface area (Å²) in [5.41, 5.74) is 1.04. The Morgan fingerprint density at radius 3 is 2.64 bits per heavy atom. The highest BCUT2D eigenvalue weighted by molar-refractivity contribution is 7.05. The monoisotopic (exact) mass is 244 g/mol. The fourth-order valence-corrected chi connectivity index (χ4v) is 2.14. The molecular formula is C9H6Cl2N2S. The first-order valence-corrected chi connectivity index (χ1v) is 5.50. The fourth-order valence-electron chi connectivity index (χ4n) is 1.11. The summed E-state index contributed by atoms with van der Waals surface area (Å²) in [4.78, 5) is 4.06. The van der Waals surface area contributed by atoms with Crippen LogP contribution in [0.1, 0.15) is 10.6 Å². The van der Waals surface area contributed by atoms with Gasteiger partial charge >= 0.3 is 0 Å². The molecule has 0 radical (unpaired) electrons. The molecule has 0 saturated heterocycles. The van der Waals surface area contributed by atoms with E-state index in [1.165, 1.54) is 11.5 Å². The van der Waals surface area contributed by atoms with Crippen LogP contribution < -0.4 is 0 Å². The fraction of sp³-hybridized carbons (Fsp3) is 0.111. The van der Waals surface area contributed by atoms with E-state index in [2.05, 4.69) is 9.36 Å². The Morgan fingerprint density at radius 2 is 2.00 bits per heavy atom. The van der Waals surface area contributed by atoms with Crippen LogP contribution in [0.5, 0.6) is 0 Å². The normalized spacial score (nSPS) is 10.4. The highest BCUT2D eigenvalue weighted by atomic mass is 35.5. The number of halogens is 2.